The molecule has 0 amide bonds. The number of hydrogen-bond donors (Lipinski definition) is 0. The van der Waals surface area contributed by atoms with E-state index in [9.17, 15) is 14.4 Å². The summed E-state index contributed by atoms with van der Waals surface area (Å²) >= 11 is 0. The molecule has 0 aromatic rings. The van der Waals surface area contributed by atoms with Crippen LogP contribution in [-0.2, 0) is 28.6 Å². The number of esters is 3. The van der Waals surface area contributed by atoms with Gasteiger partial charge in [0.1, 0.15) is 13.2 Å². The molecule has 0 aromatic carbocycles. The number of rotatable bonds is 48. The topological polar surface area (TPSA) is 78.9 Å². The third-order valence-electron chi connectivity index (χ3n) is 11.4. The lowest BCUT2D eigenvalue weighted by atomic mass is 10.0. The van der Waals surface area contributed by atoms with Gasteiger partial charge in [-0.25, -0.2) is 0 Å². The van der Waals surface area contributed by atoms with Crippen LogP contribution >= 0.6 is 0 Å². The van der Waals surface area contributed by atoms with Crippen molar-refractivity contribution < 1.29 is 28.6 Å². The Morgan fingerprint density at radius 3 is 1.05 bits per heavy atom. The predicted octanol–water partition coefficient (Wildman–Crippen LogP) is 18.0. The molecule has 6 nitrogen and oxygen atoms in total. The summed E-state index contributed by atoms with van der Waals surface area (Å²) < 4.78 is 16.7. The van der Waals surface area contributed by atoms with Gasteiger partial charge in [-0.05, 0) is 83.5 Å². The van der Waals surface area contributed by atoms with Crippen molar-refractivity contribution in [2.24, 2.45) is 0 Å². The molecular weight excluding hydrogens is 805 g/mol. The number of ether oxygens (including phenoxy) is 3. The molecule has 0 aliphatic heterocycles. The Hall–Kier alpha value is -3.41. The number of allylic oxidation sites excluding steroid dienone is 14. The molecule has 0 bridgehead atoms. The lowest BCUT2D eigenvalue weighted by molar-refractivity contribution is -0.166. The lowest BCUT2D eigenvalue weighted by Crippen LogP contribution is -2.30. The van der Waals surface area contributed by atoms with E-state index < -0.39 is 6.10 Å². The molecule has 0 heterocycles. The summed E-state index contributed by atoms with van der Waals surface area (Å²) in [6.07, 6.45) is 68.6. The third kappa shape index (κ3) is 51.4. The molecule has 372 valence electrons. The molecule has 0 saturated heterocycles. The first kappa shape index (κ1) is 61.6. The van der Waals surface area contributed by atoms with E-state index in [0.717, 1.165) is 89.9 Å². The summed E-state index contributed by atoms with van der Waals surface area (Å²) in [5, 5.41) is 0. The van der Waals surface area contributed by atoms with Gasteiger partial charge in [0, 0.05) is 19.3 Å². The number of carbonyl (C=O) groups is 3. The molecule has 0 aliphatic carbocycles. The van der Waals surface area contributed by atoms with E-state index >= 15 is 0 Å². The minimum atomic E-state index is -0.808. The van der Waals surface area contributed by atoms with E-state index in [-0.39, 0.29) is 37.5 Å². The molecule has 0 unspecified atom stereocenters. The van der Waals surface area contributed by atoms with Crippen LogP contribution in [0.15, 0.2) is 85.1 Å². The van der Waals surface area contributed by atoms with E-state index in [1.54, 1.807) is 0 Å². The summed E-state index contributed by atoms with van der Waals surface area (Å²) in [4.78, 5) is 38.0. The van der Waals surface area contributed by atoms with Gasteiger partial charge >= 0.3 is 17.9 Å². The molecule has 0 N–H and O–H groups in total. The van der Waals surface area contributed by atoms with Crippen molar-refractivity contribution in [2.75, 3.05) is 13.2 Å². The van der Waals surface area contributed by atoms with Gasteiger partial charge in [-0.1, -0.05) is 234 Å². The summed E-state index contributed by atoms with van der Waals surface area (Å²) in [5.41, 5.74) is 0. The fourth-order valence-corrected chi connectivity index (χ4v) is 7.35. The second kappa shape index (κ2) is 53.2. The monoisotopic (exact) mass is 905 g/mol. The zero-order valence-electron chi connectivity index (χ0n) is 42.5. The van der Waals surface area contributed by atoms with Crippen LogP contribution in [0.4, 0.5) is 0 Å². The summed E-state index contributed by atoms with van der Waals surface area (Å²) in [6, 6.07) is 0. The van der Waals surface area contributed by atoms with Crippen molar-refractivity contribution in [3.05, 3.63) is 85.1 Å². The minimum Gasteiger partial charge on any atom is -0.462 e. The Balaban J connectivity index is 4.49. The highest BCUT2D eigenvalue weighted by molar-refractivity contribution is 5.71. The maximum absolute atomic E-state index is 12.8. The molecule has 0 spiro atoms. The van der Waals surface area contributed by atoms with Gasteiger partial charge in [0.05, 0.1) is 0 Å². The molecule has 6 heteroatoms. The summed E-state index contributed by atoms with van der Waals surface area (Å²) in [6.45, 7) is 6.45. The van der Waals surface area contributed by atoms with E-state index in [2.05, 4.69) is 99.8 Å². The molecule has 0 saturated carbocycles. The average Bonchev–Trinajstić information content (AvgIpc) is 3.30. The highest BCUT2D eigenvalue weighted by Crippen LogP contribution is 2.15. The number of unbranched alkanes of at least 4 members (excludes halogenated alkanes) is 23. The highest BCUT2D eigenvalue weighted by atomic mass is 16.6. The molecule has 1 atom stereocenters. The van der Waals surface area contributed by atoms with Crippen molar-refractivity contribution in [1.82, 2.24) is 0 Å². The highest BCUT2D eigenvalue weighted by Gasteiger charge is 2.19. The van der Waals surface area contributed by atoms with Crippen molar-refractivity contribution in [3.8, 4) is 0 Å². The average molecular weight is 905 g/mol. The smallest absolute Gasteiger partial charge is 0.306 e. The molecular formula is C59H100O6. The molecule has 0 aromatic heterocycles. The maximum atomic E-state index is 12.8. The molecule has 0 fully saturated rings. The first-order valence-corrected chi connectivity index (χ1v) is 27.1. The molecule has 0 rings (SSSR count). The Bertz CT molecular complexity index is 1270. The second-order valence-electron chi connectivity index (χ2n) is 17.8. The van der Waals surface area contributed by atoms with Crippen LogP contribution in [0.2, 0.25) is 0 Å². The third-order valence-corrected chi connectivity index (χ3v) is 11.4. The van der Waals surface area contributed by atoms with Crippen LogP contribution in [0.25, 0.3) is 0 Å². The SMILES string of the molecule is CC/C=C\C/C=C\C/C=C\C/C=C\C/C=C\C/C=C\CCC(=O)OC[C@@H](COC(=O)CCCCCCC/C=C\CCCCCC)OC(=O)CCCCCCCCCCCCCCCCC. The molecule has 65 heavy (non-hydrogen) atoms. The van der Waals surface area contributed by atoms with Gasteiger partial charge in [0.15, 0.2) is 6.10 Å². The summed E-state index contributed by atoms with van der Waals surface area (Å²) in [5.74, 6) is -0.994. The van der Waals surface area contributed by atoms with E-state index in [1.165, 1.54) is 116 Å². The van der Waals surface area contributed by atoms with Gasteiger partial charge in [0.2, 0.25) is 0 Å². The van der Waals surface area contributed by atoms with Gasteiger partial charge in [-0.3, -0.25) is 14.4 Å². The van der Waals surface area contributed by atoms with E-state index in [0.29, 0.717) is 19.3 Å². The summed E-state index contributed by atoms with van der Waals surface area (Å²) in [7, 11) is 0. The zero-order chi connectivity index (χ0) is 47.2. The van der Waals surface area contributed by atoms with Crippen LogP contribution in [0.1, 0.15) is 252 Å². The molecule has 0 radical (unpaired) electrons. The quantitative estimate of drug-likeness (QED) is 0.0262. The van der Waals surface area contributed by atoms with Gasteiger partial charge in [-0.2, -0.15) is 0 Å². The van der Waals surface area contributed by atoms with Crippen molar-refractivity contribution in [1.29, 1.82) is 0 Å². The van der Waals surface area contributed by atoms with Crippen LogP contribution in [0.5, 0.6) is 0 Å². The Morgan fingerprint density at radius 2 is 0.631 bits per heavy atom. The minimum absolute atomic E-state index is 0.103. The van der Waals surface area contributed by atoms with Crippen LogP contribution in [0, 0.1) is 0 Å². The number of hydrogen-bond acceptors (Lipinski definition) is 6. The Morgan fingerprint density at radius 1 is 0.323 bits per heavy atom. The largest absolute Gasteiger partial charge is 0.462 e. The van der Waals surface area contributed by atoms with Crippen molar-refractivity contribution in [2.45, 2.75) is 258 Å². The van der Waals surface area contributed by atoms with Crippen molar-refractivity contribution in [3.63, 3.8) is 0 Å². The van der Waals surface area contributed by atoms with Gasteiger partial charge in [0.25, 0.3) is 0 Å². The first-order valence-electron chi connectivity index (χ1n) is 27.1. The van der Waals surface area contributed by atoms with Gasteiger partial charge < -0.3 is 14.2 Å². The first-order chi connectivity index (χ1) is 32.0. The van der Waals surface area contributed by atoms with E-state index in [4.69, 9.17) is 14.2 Å². The van der Waals surface area contributed by atoms with Crippen LogP contribution < -0.4 is 0 Å². The zero-order valence-corrected chi connectivity index (χ0v) is 42.5. The van der Waals surface area contributed by atoms with E-state index in [1.807, 2.05) is 6.08 Å². The van der Waals surface area contributed by atoms with Crippen LogP contribution in [-0.4, -0.2) is 37.2 Å². The fraction of sp³-hybridized carbons (Fsp3) is 0.712. The van der Waals surface area contributed by atoms with Crippen molar-refractivity contribution >= 4 is 17.9 Å². The van der Waals surface area contributed by atoms with Crippen LogP contribution in [0.3, 0.4) is 0 Å². The molecule has 0 aliphatic rings. The normalized spacial score (nSPS) is 12.7. The lowest BCUT2D eigenvalue weighted by Gasteiger charge is -2.18. The second-order valence-corrected chi connectivity index (χ2v) is 17.8. The Kier molecular flexibility index (Phi) is 50.4. The maximum Gasteiger partial charge on any atom is 0.306 e. The predicted molar refractivity (Wildman–Crippen MR) is 279 cm³/mol. The number of carbonyl (C=O) groups excluding carboxylic acids is 3. The van der Waals surface area contributed by atoms with Gasteiger partial charge in [-0.15, -0.1) is 0 Å². The standard InChI is InChI=1S/C59H100O6/c1-4-7-10-13-16-19-22-25-27-28-29-30-32-34-37-40-43-46-49-52-58(61)64-55-56(54-63-57(60)51-48-45-42-39-36-33-24-21-18-15-12-9-6-3)65-59(62)53-50-47-44-41-38-35-31-26-23-20-17-14-11-8-5-2/h7,10,16,19,21,24-25,27,29-30,34,37,43,46,56H,4-6,8-9,11-15,17-18,20,22-23,26,28,31-33,35-36,38-42,44-45,47-55H2,1-3H3/b10-7-,19-16-,24-21-,27-25-,30-29-,37-34-,46-43-/t56-/m1/s1. The Labute approximate surface area is 401 Å². The fourth-order valence-electron chi connectivity index (χ4n) is 7.35.